The van der Waals surface area contributed by atoms with Gasteiger partial charge in [0, 0.05) is 28.7 Å². The first-order valence-corrected chi connectivity index (χ1v) is 8.37. The number of nitro groups is 1. The number of nitrogens with zero attached hydrogens (tertiary/aromatic N) is 1. The van der Waals surface area contributed by atoms with E-state index < -0.39 is 10.5 Å². The minimum Gasteiger partial charge on any atom is -0.493 e. The summed E-state index contributed by atoms with van der Waals surface area (Å²) in [5.74, 6) is 0.145. The normalized spacial score (nSPS) is 11.0. The monoisotopic (exact) mass is 393 g/mol. The van der Waals surface area contributed by atoms with Crippen molar-refractivity contribution in [1.29, 1.82) is 0 Å². The number of amides is 1. The number of hydrogen-bond acceptors (Lipinski definition) is 6. The molecule has 1 amide bonds. The average Bonchev–Trinajstić information content (AvgIpc) is 2.62. The van der Waals surface area contributed by atoms with Gasteiger partial charge in [0.05, 0.1) is 12.0 Å². The molecular formula is C18H20ClN3O5. The van der Waals surface area contributed by atoms with Crippen LogP contribution in [0.3, 0.4) is 0 Å². The Hall–Kier alpha value is -2.84. The Balaban J connectivity index is 2.33. The highest BCUT2D eigenvalue weighted by Crippen LogP contribution is 2.37. The van der Waals surface area contributed by atoms with Crippen LogP contribution in [0.1, 0.15) is 24.2 Å². The Labute approximate surface area is 161 Å². The molecular weight excluding hydrogens is 374 g/mol. The summed E-state index contributed by atoms with van der Waals surface area (Å²) in [6.07, 6.45) is 0. The molecule has 0 aromatic heterocycles. The highest BCUT2D eigenvalue weighted by atomic mass is 35.5. The van der Waals surface area contributed by atoms with Crippen molar-refractivity contribution in [3.63, 3.8) is 0 Å². The van der Waals surface area contributed by atoms with Crippen molar-refractivity contribution in [3.05, 3.63) is 57.1 Å². The number of nitrogens with two attached hydrogens (primary N) is 1. The third kappa shape index (κ3) is 5.08. The van der Waals surface area contributed by atoms with E-state index >= 15 is 0 Å². The van der Waals surface area contributed by atoms with E-state index in [1.807, 2.05) is 0 Å². The van der Waals surface area contributed by atoms with Crippen LogP contribution in [0.5, 0.6) is 17.2 Å². The van der Waals surface area contributed by atoms with Crippen molar-refractivity contribution in [1.82, 2.24) is 5.32 Å². The molecule has 0 aliphatic heterocycles. The Bertz CT molecular complexity index is 870. The smallest absolute Gasteiger partial charge is 0.313 e. The fourth-order valence-electron chi connectivity index (χ4n) is 2.16. The van der Waals surface area contributed by atoms with Gasteiger partial charge in [-0.05, 0) is 44.2 Å². The van der Waals surface area contributed by atoms with Crippen LogP contribution in [-0.2, 0) is 0 Å². The van der Waals surface area contributed by atoms with Crippen LogP contribution < -0.4 is 20.5 Å². The Morgan fingerprint density at radius 1 is 1.22 bits per heavy atom. The maximum absolute atomic E-state index is 12.4. The topological polar surface area (TPSA) is 117 Å². The van der Waals surface area contributed by atoms with Gasteiger partial charge in [0.25, 0.3) is 5.91 Å². The van der Waals surface area contributed by atoms with Gasteiger partial charge in [-0.2, -0.15) is 0 Å². The average molecular weight is 394 g/mol. The van der Waals surface area contributed by atoms with Crippen LogP contribution in [0, 0.1) is 10.1 Å². The summed E-state index contributed by atoms with van der Waals surface area (Å²) in [6.45, 7) is 3.88. The summed E-state index contributed by atoms with van der Waals surface area (Å²) in [4.78, 5) is 23.0. The van der Waals surface area contributed by atoms with Crippen LogP contribution in [0.2, 0.25) is 5.02 Å². The van der Waals surface area contributed by atoms with Crippen LogP contribution >= 0.6 is 11.6 Å². The van der Waals surface area contributed by atoms with Crippen LogP contribution in [0.4, 0.5) is 5.69 Å². The van der Waals surface area contributed by atoms with Gasteiger partial charge in [-0.25, -0.2) is 0 Å². The van der Waals surface area contributed by atoms with E-state index in [0.717, 1.165) is 0 Å². The van der Waals surface area contributed by atoms with Gasteiger partial charge in [0.1, 0.15) is 0 Å². The second-order valence-electron chi connectivity index (χ2n) is 6.38. The van der Waals surface area contributed by atoms with E-state index in [1.54, 1.807) is 13.8 Å². The van der Waals surface area contributed by atoms with Crippen LogP contribution in [0.25, 0.3) is 0 Å². The lowest BCUT2D eigenvalue weighted by Crippen LogP contribution is -2.48. The second kappa shape index (κ2) is 8.24. The first-order valence-electron chi connectivity index (χ1n) is 7.99. The highest BCUT2D eigenvalue weighted by Gasteiger charge is 2.22. The molecule has 0 unspecified atom stereocenters. The third-order valence-corrected chi connectivity index (χ3v) is 3.96. The number of nitro benzene ring substituents is 1. The molecule has 2 aromatic carbocycles. The summed E-state index contributed by atoms with van der Waals surface area (Å²) in [5.41, 5.74) is 5.12. The summed E-state index contributed by atoms with van der Waals surface area (Å²) in [5, 5.41) is 14.2. The van der Waals surface area contributed by atoms with Crippen LogP contribution in [0.15, 0.2) is 36.4 Å². The molecule has 27 heavy (non-hydrogen) atoms. The number of methoxy groups -OCH3 is 1. The molecule has 0 heterocycles. The van der Waals surface area contributed by atoms with Crippen molar-refractivity contribution in [2.24, 2.45) is 5.73 Å². The van der Waals surface area contributed by atoms with E-state index in [9.17, 15) is 14.9 Å². The highest BCUT2D eigenvalue weighted by molar-refractivity contribution is 6.30. The predicted molar refractivity (Wildman–Crippen MR) is 102 cm³/mol. The van der Waals surface area contributed by atoms with Gasteiger partial charge >= 0.3 is 5.69 Å². The maximum atomic E-state index is 12.4. The van der Waals surface area contributed by atoms with E-state index in [0.29, 0.717) is 5.56 Å². The van der Waals surface area contributed by atoms with E-state index in [4.69, 9.17) is 26.8 Å². The molecule has 0 bridgehead atoms. The molecule has 9 heteroatoms. The summed E-state index contributed by atoms with van der Waals surface area (Å²) in [7, 11) is 1.41. The molecule has 8 nitrogen and oxygen atoms in total. The zero-order valence-corrected chi connectivity index (χ0v) is 15.9. The first kappa shape index (κ1) is 20.5. The predicted octanol–water partition coefficient (Wildman–Crippen LogP) is 3.52. The number of carbonyl (C=O) groups is 1. The van der Waals surface area contributed by atoms with Gasteiger partial charge in [-0.3, -0.25) is 14.9 Å². The Kier molecular flexibility index (Phi) is 6.24. The quantitative estimate of drug-likeness (QED) is 0.549. The van der Waals surface area contributed by atoms with Gasteiger partial charge in [0.15, 0.2) is 11.5 Å². The number of halogens is 1. The van der Waals surface area contributed by atoms with E-state index in [1.165, 1.54) is 43.5 Å². The standard InChI is InChI=1S/C18H20ClN3O5/c1-18(2,10-20)21-17(23)11-4-6-15(16(8-11)26-3)27-14-7-5-12(19)9-13(14)22(24)25/h4-9H,10,20H2,1-3H3,(H,21,23). The van der Waals surface area contributed by atoms with Gasteiger partial charge in [0.2, 0.25) is 5.75 Å². The number of rotatable bonds is 7. The Morgan fingerprint density at radius 2 is 1.89 bits per heavy atom. The largest absolute Gasteiger partial charge is 0.493 e. The van der Waals surface area contributed by atoms with Gasteiger partial charge < -0.3 is 20.5 Å². The number of benzene rings is 2. The van der Waals surface area contributed by atoms with Gasteiger partial charge in [-0.1, -0.05) is 11.6 Å². The van der Waals surface area contributed by atoms with Crippen molar-refractivity contribution in [2.75, 3.05) is 13.7 Å². The summed E-state index contributed by atoms with van der Waals surface area (Å²) >= 11 is 5.80. The summed E-state index contributed by atoms with van der Waals surface area (Å²) < 4.78 is 10.9. The molecule has 0 saturated carbocycles. The summed E-state index contributed by atoms with van der Waals surface area (Å²) in [6, 6.07) is 8.58. The molecule has 0 fully saturated rings. The lowest BCUT2D eigenvalue weighted by atomic mass is 10.1. The third-order valence-electron chi connectivity index (χ3n) is 3.73. The van der Waals surface area contributed by atoms with E-state index in [-0.39, 0.29) is 40.4 Å². The molecule has 0 atom stereocenters. The minimum atomic E-state index is -0.593. The second-order valence-corrected chi connectivity index (χ2v) is 6.82. The molecule has 0 aliphatic carbocycles. The Morgan fingerprint density at radius 3 is 2.48 bits per heavy atom. The lowest BCUT2D eigenvalue weighted by molar-refractivity contribution is -0.385. The number of nitrogens with one attached hydrogen (secondary N) is 1. The molecule has 2 rings (SSSR count). The number of carbonyl (C=O) groups excluding carboxylic acids is 1. The molecule has 3 N–H and O–H groups in total. The first-order chi connectivity index (χ1) is 12.7. The number of hydrogen-bond donors (Lipinski definition) is 2. The molecule has 0 spiro atoms. The fourth-order valence-corrected chi connectivity index (χ4v) is 2.33. The van der Waals surface area contributed by atoms with E-state index in [2.05, 4.69) is 5.32 Å². The van der Waals surface area contributed by atoms with Crippen molar-refractivity contribution in [2.45, 2.75) is 19.4 Å². The zero-order valence-electron chi connectivity index (χ0n) is 15.1. The lowest BCUT2D eigenvalue weighted by Gasteiger charge is -2.24. The SMILES string of the molecule is COc1cc(C(=O)NC(C)(C)CN)ccc1Oc1ccc(Cl)cc1[N+](=O)[O-]. The van der Waals surface area contributed by atoms with Gasteiger partial charge in [-0.15, -0.1) is 0 Å². The molecule has 0 aliphatic rings. The van der Waals surface area contributed by atoms with Crippen molar-refractivity contribution >= 4 is 23.2 Å². The fraction of sp³-hybridized carbons (Fsp3) is 0.278. The van der Waals surface area contributed by atoms with Crippen molar-refractivity contribution in [3.8, 4) is 17.2 Å². The van der Waals surface area contributed by atoms with Crippen LogP contribution in [-0.4, -0.2) is 30.0 Å². The minimum absolute atomic E-state index is 0.00386. The molecule has 0 radical (unpaired) electrons. The maximum Gasteiger partial charge on any atom is 0.313 e. The molecule has 2 aromatic rings. The number of ether oxygens (including phenoxy) is 2. The molecule has 144 valence electrons. The van der Waals surface area contributed by atoms with Crippen molar-refractivity contribution < 1.29 is 19.2 Å². The zero-order chi connectivity index (χ0) is 20.2. The molecule has 0 saturated heterocycles.